The Kier molecular flexibility index (Phi) is 6.22. The molecule has 0 bridgehead atoms. The molecule has 2 aliphatic heterocycles. The second kappa shape index (κ2) is 9.31. The van der Waals surface area contributed by atoms with Crippen LogP contribution in [-0.2, 0) is 11.8 Å². The summed E-state index contributed by atoms with van der Waals surface area (Å²) in [7, 11) is 0. The maximum Gasteiger partial charge on any atom is 0.202 e. The van der Waals surface area contributed by atoms with Gasteiger partial charge in [0.15, 0.2) is 5.75 Å². The molecule has 0 amide bonds. The first-order valence-corrected chi connectivity index (χ1v) is 12.8. The van der Waals surface area contributed by atoms with Crippen molar-refractivity contribution in [2.75, 3.05) is 18.0 Å². The Morgan fingerprint density at radius 1 is 0.941 bits per heavy atom. The molecule has 3 aromatic rings. The fraction of sp³-hybridized carbons (Fsp3) is 0.355. The third-order valence-electron chi connectivity index (χ3n) is 7.68. The topological polar surface area (TPSA) is 16.9 Å². The third kappa shape index (κ3) is 3.82. The van der Waals surface area contributed by atoms with Gasteiger partial charge in [-0.25, -0.2) is 0 Å². The van der Waals surface area contributed by atoms with E-state index in [1.54, 1.807) is 4.90 Å². The number of hydrogen-bond donors (Lipinski definition) is 1. The number of fused-ring (bicyclic) bond motifs is 2. The SMILES string of the molecule is CCCN1/C(=C/C2[NH+](CCC)c3ccccc3C2(C)Cc2ccccc2C)Oc2ccccc21. The highest BCUT2D eigenvalue weighted by atomic mass is 16.5. The van der Waals surface area contributed by atoms with Crippen LogP contribution < -0.4 is 14.5 Å². The molecule has 0 fully saturated rings. The molecule has 0 saturated carbocycles. The average molecular weight is 454 g/mol. The van der Waals surface area contributed by atoms with E-state index in [-0.39, 0.29) is 11.5 Å². The van der Waals surface area contributed by atoms with Crippen molar-refractivity contribution in [2.24, 2.45) is 0 Å². The molecule has 3 unspecified atom stereocenters. The lowest BCUT2D eigenvalue weighted by molar-refractivity contribution is -0.850. The largest absolute Gasteiger partial charge is 0.439 e. The molecule has 0 radical (unpaired) electrons. The van der Waals surface area contributed by atoms with Gasteiger partial charge in [-0.2, -0.15) is 0 Å². The third-order valence-corrected chi connectivity index (χ3v) is 7.68. The molecule has 5 rings (SSSR count). The fourth-order valence-electron chi connectivity index (χ4n) is 6.01. The minimum atomic E-state index is -0.0315. The summed E-state index contributed by atoms with van der Waals surface area (Å²) in [5.74, 6) is 1.96. The van der Waals surface area contributed by atoms with E-state index in [9.17, 15) is 0 Å². The molecule has 3 heteroatoms. The van der Waals surface area contributed by atoms with Crippen LogP contribution in [0.5, 0.6) is 5.75 Å². The summed E-state index contributed by atoms with van der Waals surface area (Å²) in [4.78, 5) is 3.92. The van der Waals surface area contributed by atoms with Crippen LogP contribution in [0.3, 0.4) is 0 Å². The van der Waals surface area contributed by atoms with Gasteiger partial charge in [-0.1, -0.05) is 68.4 Å². The average Bonchev–Trinajstić information content (AvgIpc) is 3.30. The van der Waals surface area contributed by atoms with Crippen molar-refractivity contribution in [1.82, 2.24) is 0 Å². The van der Waals surface area contributed by atoms with Gasteiger partial charge < -0.3 is 9.64 Å². The lowest BCUT2D eigenvalue weighted by Crippen LogP contribution is -3.11. The molecule has 2 aliphatic rings. The first kappa shape index (κ1) is 22.7. The van der Waals surface area contributed by atoms with E-state index < -0.39 is 0 Å². The molecule has 176 valence electrons. The van der Waals surface area contributed by atoms with Gasteiger partial charge >= 0.3 is 0 Å². The highest BCUT2D eigenvalue weighted by molar-refractivity contribution is 5.66. The second-order valence-corrected chi connectivity index (χ2v) is 10.0. The molecule has 34 heavy (non-hydrogen) atoms. The molecule has 0 aromatic heterocycles. The maximum atomic E-state index is 6.50. The maximum absolute atomic E-state index is 6.50. The van der Waals surface area contributed by atoms with E-state index in [0.29, 0.717) is 0 Å². The Morgan fingerprint density at radius 3 is 2.47 bits per heavy atom. The summed E-state index contributed by atoms with van der Waals surface area (Å²) in [5, 5.41) is 0. The molecule has 0 aliphatic carbocycles. The summed E-state index contributed by atoms with van der Waals surface area (Å²) >= 11 is 0. The number of nitrogens with one attached hydrogen (secondary N) is 1. The van der Waals surface area contributed by atoms with Crippen molar-refractivity contribution in [3.05, 3.63) is 101 Å². The van der Waals surface area contributed by atoms with E-state index in [1.807, 2.05) is 0 Å². The van der Waals surface area contributed by atoms with Gasteiger partial charge in [0.05, 0.1) is 17.6 Å². The standard InChI is InChI=1S/C31H36N2O/c1-5-19-32-26-16-10-9-15-25(26)31(4,22-24-14-8-7-13-23(24)3)29(32)21-30-33(20-6-2)27-17-11-12-18-28(27)34-30/h7-18,21,29H,5-6,19-20,22H2,1-4H3/p+1/b30-21-. The molecule has 2 heterocycles. The zero-order chi connectivity index (χ0) is 23.7. The quantitative estimate of drug-likeness (QED) is 0.476. The first-order valence-electron chi connectivity index (χ1n) is 12.8. The minimum absolute atomic E-state index is 0.0315. The summed E-state index contributed by atoms with van der Waals surface area (Å²) in [6, 6.07) is 26.7. The minimum Gasteiger partial charge on any atom is -0.439 e. The van der Waals surface area contributed by atoms with Crippen molar-refractivity contribution in [3.63, 3.8) is 0 Å². The lowest BCUT2D eigenvalue weighted by atomic mass is 9.73. The van der Waals surface area contributed by atoms with Crippen LogP contribution in [-0.4, -0.2) is 19.1 Å². The van der Waals surface area contributed by atoms with Crippen LogP contribution >= 0.6 is 0 Å². The van der Waals surface area contributed by atoms with Gasteiger partial charge in [0.1, 0.15) is 11.7 Å². The van der Waals surface area contributed by atoms with Crippen LogP contribution in [0.15, 0.2) is 84.8 Å². The van der Waals surface area contributed by atoms with Crippen molar-refractivity contribution >= 4 is 11.4 Å². The van der Waals surface area contributed by atoms with Crippen LogP contribution in [0, 0.1) is 6.92 Å². The Balaban J connectivity index is 1.63. The summed E-state index contributed by atoms with van der Waals surface area (Å²) in [5.41, 5.74) is 6.87. The summed E-state index contributed by atoms with van der Waals surface area (Å²) in [6.07, 6.45) is 5.67. The normalized spacial score (nSPS) is 24.2. The van der Waals surface area contributed by atoms with Crippen LogP contribution in [0.2, 0.25) is 0 Å². The van der Waals surface area contributed by atoms with Gasteiger partial charge in [-0.3, -0.25) is 4.90 Å². The predicted octanol–water partition coefficient (Wildman–Crippen LogP) is 5.95. The van der Waals surface area contributed by atoms with Gasteiger partial charge in [0.25, 0.3) is 0 Å². The first-order chi connectivity index (χ1) is 16.6. The Labute approximate surface area is 204 Å². The van der Waals surface area contributed by atoms with E-state index in [0.717, 1.165) is 44.0 Å². The number of ether oxygens (including phenoxy) is 1. The van der Waals surface area contributed by atoms with E-state index in [4.69, 9.17) is 4.74 Å². The number of hydrogen-bond acceptors (Lipinski definition) is 2. The van der Waals surface area contributed by atoms with E-state index in [1.165, 1.54) is 28.1 Å². The molecular weight excluding hydrogens is 416 g/mol. The number of para-hydroxylation sites is 3. The number of aryl methyl sites for hydroxylation is 1. The molecule has 3 aromatic carbocycles. The highest BCUT2D eigenvalue weighted by Gasteiger charge is 2.51. The highest BCUT2D eigenvalue weighted by Crippen LogP contribution is 2.43. The zero-order valence-corrected chi connectivity index (χ0v) is 21.0. The van der Waals surface area contributed by atoms with Gasteiger partial charge in [0, 0.05) is 18.2 Å². The smallest absolute Gasteiger partial charge is 0.202 e. The van der Waals surface area contributed by atoms with Crippen LogP contribution in [0.25, 0.3) is 0 Å². The van der Waals surface area contributed by atoms with Crippen LogP contribution in [0.1, 0.15) is 50.3 Å². The van der Waals surface area contributed by atoms with Gasteiger partial charge in [-0.15, -0.1) is 0 Å². The number of anilines is 1. The van der Waals surface area contributed by atoms with Gasteiger partial charge in [0.2, 0.25) is 5.88 Å². The fourth-order valence-corrected chi connectivity index (χ4v) is 6.01. The molecule has 0 saturated heterocycles. The Morgan fingerprint density at radius 2 is 1.68 bits per heavy atom. The zero-order valence-electron chi connectivity index (χ0n) is 21.0. The summed E-state index contributed by atoms with van der Waals surface area (Å²) < 4.78 is 6.50. The number of quaternary nitrogens is 1. The lowest BCUT2D eigenvalue weighted by Gasteiger charge is -2.32. The molecule has 0 spiro atoms. The van der Waals surface area contributed by atoms with Crippen LogP contribution in [0.4, 0.5) is 11.4 Å². The predicted molar refractivity (Wildman–Crippen MR) is 141 cm³/mol. The summed E-state index contributed by atoms with van der Waals surface area (Å²) in [6.45, 7) is 11.3. The van der Waals surface area contributed by atoms with E-state index >= 15 is 0 Å². The molecule has 3 atom stereocenters. The number of rotatable bonds is 7. The Hall–Kier alpha value is -3.04. The number of benzene rings is 3. The van der Waals surface area contributed by atoms with Crippen molar-refractivity contribution < 1.29 is 9.64 Å². The second-order valence-electron chi connectivity index (χ2n) is 10.0. The van der Waals surface area contributed by atoms with Crippen molar-refractivity contribution in [3.8, 4) is 5.75 Å². The molecular formula is C31H37N2O+. The van der Waals surface area contributed by atoms with Gasteiger partial charge in [-0.05, 0) is 62.4 Å². The molecule has 3 nitrogen and oxygen atoms in total. The Bertz CT molecular complexity index is 1200. The molecule has 1 N–H and O–H groups in total. The monoisotopic (exact) mass is 453 g/mol. The van der Waals surface area contributed by atoms with Crippen molar-refractivity contribution in [2.45, 2.75) is 58.4 Å². The number of nitrogens with zero attached hydrogens (tertiary/aromatic N) is 1. The van der Waals surface area contributed by atoms with E-state index in [2.05, 4.69) is 111 Å². The van der Waals surface area contributed by atoms with Crippen molar-refractivity contribution in [1.29, 1.82) is 0 Å².